The monoisotopic (exact) mass is 243 g/mol. The van der Waals surface area contributed by atoms with Crippen LogP contribution in [0.3, 0.4) is 0 Å². The molecule has 0 rings (SSSR count). The number of halogens is 3. The van der Waals surface area contributed by atoms with E-state index >= 15 is 0 Å². The van der Waals surface area contributed by atoms with Crippen LogP contribution in [0.15, 0.2) is 0 Å². The Morgan fingerprint density at radius 2 is 1.40 bits per heavy atom. The van der Waals surface area contributed by atoms with Crippen molar-refractivity contribution in [3.63, 3.8) is 0 Å². The zero-order valence-corrected chi connectivity index (χ0v) is 9.57. The highest BCUT2D eigenvalue weighted by molar-refractivity contribution is 6.92. The Morgan fingerprint density at radius 3 is 1.40 bits per heavy atom. The van der Waals surface area contributed by atoms with Gasteiger partial charge in [0.25, 0.3) is 5.97 Å². The van der Waals surface area contributed by atoms with Crippen molar-refractivity contribution >= 4 is 60.6 Å². The minimum Gasteiger partial charge on any atom is -1.51 e. The Balaban J connectivity index is -0.0000000300. The van der Waals surface area contributed by atoms with Crippen molar-refractivity contribution in [2.75, 3.05) is 0 Å². The molecule has 2 nitrogen and oxygen atoms in total. The third-order valence-corrected chi connectivity index (χ3v) is 0. The quantitative estimate of drug-likeness (QED) is 0.525. The molecule has 0 heterocycles. The van der Waals surface area contributed by atoms with Gasteiger partial charge >= 0.3 is 0 Å². The van der Waals surface area contributed by atoms with Crippen LogP contribution in [-0.4, -0.2) is 15.4 Å². The summed E-state index contributed by atoms with van der Waals surface area (Å²) < 4.78 is -0.750. The van der Waals surface area contributed by atoms with E-state index in [1.165, 1.54) is 0 Å². The lowest BCUT2D eigenvalue weighted by Gasteiger charge is -1.69. The van der Waals surface area contributed by atoms with Crippen molar-refractivity contribution in [3.8, 4) is 0 Å². The van der Waals surface area contributed by atoms with Gasteiger partial charge in [-0.3, -0.25) is 4.79 Å². The highest BCUT2D eigenvalue weighted by atomic mass is 35.6. The summed E-state index contributed by atoms with van der Waals surface area (Å²) in [5.74, 6) is -0.833. The molecule has 66 valence electrons. The first-order chi connectivity index (χ1) is 3.46. The average molecular weight is 244 g/mol. The van der Waals surface area contributed by atoms with Gasteiger partial charge in [0.05, 0.1) is 0 Å². The summed E-state index contributed by atoms with van der Waals surface area (Å²) >= 11 is 14.4. The summed E-state index contributed by atoms with van der Waals surface area (Å²) in [4.78, 5) is 9.00. The molecule has 7 heteroatoms. The van der Waals surface area contributed by atoms with E-state index in [0.29, 0.717) is 0 Å². The summed E-state index contributed by atoms with van der Waals surface area (Å²) in [6.07, 6.45) is 0. The van der Waals surface area contributed by atoms with Crippen LogP contribution in [0.25, 0.3) is 0 Å². The van der Waals surface area contributed by atoms with Gasteiger partial charge in [-0.05, 0) is 0 Å². The number of alkyl halides is 3. The molecule has 0 radical (unpaired) electrons. The predicted octanol–water partition coefficient (Wildman–Crippen LogP) is 3.00. The number of aliphatic carboxylic acids is 1. The maximum atomic E-state index is 9.00. The number of carbonyl (C=O) groups is 1. The van der Waals surface area contributed by atoms with Gasteiger partial charge < -0.3 is 24.9 Å². The van der Waals surface area contributed by atoms with Crippen molar-refractivity contribution in [2.24, 2.45) is 0 Å². The van der Waals surface area contributed by atoms with E-state index in [1.807, 2.05) is 0 Å². The van der Waals surface area contributed by atoms with Gasteiger partial charge in [0.15, 0.2) is 4.30 Å². The molecular weight excluding hydrogens is 236 g/mol. The van der Waals surface area contributed by atoms with Crippen LogP contribution in [0.1, 0.15) is 6.92 Å². The number of carboxylic acids is 1. The Kier molecular flexibility index (Phi) is 37.4. The maximum Gasteiger partial charge on any atom is 0.300 e. The second-order valence-corrected chi connectivity index (χ2v) is 2.75. The first-order valence-corrected chi connectivity index (χ1v) is 2.89. The molecule has 10 heavy (non-hydrogen) atoms. The molecule has 0 aromatic carbocycles. The van der Waals surface area contributed by atoms with Gasteiger partial charge in [-0.2, -0.15) is 0 Å². The largest absolute Gasteiger partial charge is 1.51 e. The van der Waals surface area contributed by atoms with E-state index in [9.17, 15) is 0 Å². The molecule has 0 aromatic rings. The molecule has 0 unspecified atom stereocenters. The molecule has 0 atom stereocenters. The predicted molar refractivity (Wildman–Crippen MR) is 52.7 cm³/mol. The second-order valence-electron chi connectivity index (χ2n) is 0.766. The van der Waals surface area contributed by atoms with Gasteiger partial charge in [-0.1, -0.05) is 34.8 Å². The van der Waals surface area contributed by atoms with Crippen molar-refractivity contribution in [1.82, 2.24) is 0 Å². The van der Waals surface area contributed by atoms with Crippen molar-refractivity contribution in [1.29, 1.82) is 0 Å². The maximum absolute atomic E-state index is 9.00. The minimum absolute atomic E-state index is 0. The Hall–Kier alpha value is 1.20. The van der Waals surface area contributed by atoms with Crippen LogP contribution in [0.2, 0.25) is 0 Å². The SMILES string of the molecule is CC(=O)O.ClC(Cl)Cl.[PH-2].[PH2-]. The average Bonchev–Trinajstić information content (AvgIpc) is 1.25. The molecule has 0 saturated carbocycles. The molecule has 1 N–H and O–H groups in total. The molecule has 0 aromatic heterocycles. The van der Waals surface area contributed by atoms with Gasteiger partial charge in [-0.25, -0.2) is 0 Å². The first-order valence-electron chi connectivity index (χ1n) is 1.58. The molecule has 0 bridgehead atoms. The van der Waals surface area contributed by atoms with Crippen LogP contribution >= 0.6 is 54.6 Å². The number of rotatable bonds is 0. The Labute approximate surface area is 81.8 Å². The third kappa shape index (κ3) is 430. The molecule has 0 aliphatic carbocycles. The van der Waals surface area contributed by atoms with Crippen LogP contribution < -0.4 is 0 Å². The topological polar surface area (TPSA) is 37.3 Å². The minimum atomic E-state index is -0.833. The Morgan fingerprint density at radius 1 is 1.40 bits per heavy atom. The van der Waals surface area contributed by atoms with Gasteiger partial charge in [0.1, 0.15) is 0 Å². The number of hydrogen-bond donors (Lipinski definition) is 1. The molecule has 0 amide bonds. The Bertz CT molecular complexity index is 64.0. The summed E-state index contributed by atoms with van der Waals surface area (Å²) in [5, 5.41) is 7.42. The standard InChI is InChI=1S/C2H4O2.CHCl3.H2P.HP/c1-2(3)4;2-1(3)4;;/h1H3,(H,3,4);1H;1H2;1H/q;;-1;-2. The number of carboxylic acid groups (broad SMARTS) is 1. The van der Waals surface area contributed by atoms with E-state index in [1.54, 1.807) is 0 Å². The van der Waals surface area contributed by atoms with Crippen LogP contribution in [0.4, 0.5) is 0 Å². The summed E-state index contributed by atoms with van der Waals surface area (Å²) in [5.41, 5.74) is 0. The fourth-order valence-electron chi connectivity index (χ4n) is 0. The van der Waals surface area contributed by atoms with Gasteiger partial charge in [0.2, 0.25) is 0 Å². The molecule has 0 saturated heterocycles. The van der Waals surface area contributed by atoms with Crippen molar-refractivity contribution < 1.29 is 9.90 Å². The van der Waals surface area contributed by atoms with Crippen LogP contribution in [-0.2, 0) is 4.79 Å². The summed E-state index contributed by atoms with van der Waals surface area (Å²) in [7, 11) is 0. The van der Waals surface area contributed by atoms with Crippen molar-refractivity contribution in [2.45, 2.75) is 11.2 Å². The highest BCUT2D eigenvalue weighted by Crippen LogP contribution is 2.03. The fourth-order valence-corrected chi connectivity index (χ4v) is 0. The van der Waals surface area contributed by atoms with E-state index in [0.717, 1.165) is 6.92 Å². The molecule has 0 aliphatic heterocycles. The molecular formula is C3H8Cl3O2P2-3. The van der Waals surface area contributed by atoms with Crippen molar-refractivity contribution in [3.05, 3.63) is 0 Å². The lowest BCUT2D eigenvalue weighted by Crippen LogP contribution is -1.78. The highest BCUT2D eigenvalue weighted by Gasteiger charge is 1.78. The van der Waals surface area contributed by atoms with E-state index in [2.05, 4.69) is 0 Å². The lowest BCUT2D eigenvalue weighted by molar-refractivity contribution is -0.134. The zero-order chi connectivity index (χ0) is 7.15. The molecule has 0 fully saturated rings. The van der Waals surface area contributed by atoms with Crippen LogP contribution in [0.5, 0.6) is 0 Å². The van der Waals surface area contributed by atoms with Gasteiger partial charge in [0, 0.05) is 6.92 Å². The normalized spacial score (nSPS) is 6.10. The molecule has 0 spiro atoms. The van der Waals surface area contributed by atoms with E-state index < -0.39 is 10.3 Å². The first kappa shape index (κ1) is 22.5. The second kappa shape index (κ2) is 16.7. The van der Waals surface area contributed by atoms with Crippen LogP contribution in [0, 0.1) is 0 Å². The summed E-state index contributed by atoms with van der Waals surface area (Å²) in [6, 6.07) is 0. The molecule has 0 aliphatic rings. The fraction of sp³-hybridized carbons (Fsp3) is 0.667. The number of hydrogen-bond acceptors (Lipinski definition) is 1. The summed E-state index contributed by atoms with van der Waals surface area (Å²) in [6.45, 7) is 1.08. The van der Waals surface area contributed by atoms with E-state index in [-0.39, 0.29) is 19.8 Å². The van der Waals surface area contributed by atoms with E-state index in [4.69, 9.17) is 44.7 Å². The smallest absolute Gasteiger partial charge is 0.300 e. The third-order valence-electron chi connectivity index (χ3n) is 0. The zero-order valence-electron chi connectivity index (χ0n) is 5.14. The van der Waals surface area contributed by atoms with Gasteiger partial charge in [-0.15, -0.1) is 0 Å². The lowest BCUT2D eigenvalue weighted by atomic mass is 10.9.